The average molecular weight is 205 g/mol. The maximum atomic E-state index is 4.07. The highest BCUT2D eigenvalue weighted by Crippen LogP contribution is 2.30. The van der Waals surface area contributed by atoms with Crippen LogP contribution in [-0.2, 0) is 0 Å². The molecule has 0 aromatic carbocycles. The summed E-state index contributed by atoms with van der Waals surface area (Å²) in [5.74, 6) is 2.51. The van der Waals surface area contributed by atoms with E-state index in [-0.39, 0.29) is 0 Å². The van der Waals surface area contributed by atoms with E-state index in [1.807, 2.05) is 12.1 Å². The molecule has 0 saturated heterocycles. The second-order valence-electron chi connectivity index (χ2n) is 4.76. The number of rotatable bonds is 2. The van der Waals surface area contributed by atoms with Crippen LogP contribution in [0.1, 0.15) is 33.1 Å². The molecular formula is C12H19N3. The summed E-state index contributed by atoms with van der Waals surface area (Å²) in [6, 6.07) is 4.47. The molecule has 1 fully saturated rings. The molecule has 0 radical (unpaired) electrons. The molecule has 1 aliphatic carbocycles. The van der Waals surface area contributed by atoms with Crippen molar-refractivity contribution in [3.63, 3.8) is 0 Å². The number of anilines is 1. The lowest BCUT2D eigenvalue weighted by molar-refractivity contribution is 0.276. The van der Waals surface area contributed by atoms with Crippen molar-refractivity contribution in [1.82, 2.24) is 10.2 Å². The van der Waals surface area contributed by atoms with E-state index >= 15 is 0 Å². The summed E-state index contributed by atoms with van der Waals surface area (Å²) in [7, 11) is 0. The zero-order valence-electron chi connectivity index (χ0n) is 9.48. The van der Waals surface area contributed by atoms with Crippen molar-refractivity contribution in [2.45, 2.75) is 39.2 Å². The molecule has 3 nitrogen and oxygen atoms in total. The van der Waals surface area contributed by atoms with Gasteiger partial charge in [0, 0.05) is 12.2 Å². The average Bonchev–Trinajstić information content (AvgIpc) is 2.24. The molecule has 0 amide bonds. The summed E-state index contributed by atoms with van der Waals surface area (Å²) < 4.78 is 0. The summed E-state index contributed by atoms with van der Waals surface area (Å²) >= 11 is 0. The highest BCUT2D eigenvalue weighted by molar-refractivity contribution is 5.33. The number of hydrogen-bond acceptors (Lipinski definition) is 3. The van der Waals surface area contributed by atoms with Crippen LogP contribution in [0.15, 0.2) is 18.3 Å². The third kappa shape index (κ3) is 2.67. The van der Waals surface area contributed by atoms with Gasteiger partial charge in [0.25, 0.3) is 0 Å². The van der Waals surface area contributed by atoms with Crippen molar-refractivity contribution in [3.05, 3.63) is 18.3 Å². The van der Waals surface area contributed by atoms with E-state index < -0.39 is 0 Å². The third-order valence-electron chi connectivity index (χ3n) is 3.34. The van der Waals surface area contributed by atoms with Crippen LogP contribution >= 0.6 is 0 Å². The number of aromatic nitrogens is 2. The molecule has 2 rings (SSSR count). The molecule has 1 aromatic rings. The Kier molecular flexibility index (Phi) is 3.19. The lowest BCUT2D eigenvalue weighted by atomic mass is 9.80. The molecule has 1 N–H and O–H groups in total. The topological polar surface area (TPSA) is 37.8 Å². The molecule has 82 valence electrons. The molecule has 3 unspecified atom stereocenters. The van der Waals surface area contributed by atoms with Crippen LogP contribution in [0, 0.1) is 11.8 Å². The fourth-order valence-corrected chi connectivity index (χ4v) is 2.45. The van der Waals surface area contributed by atoms with Gasteiger partial charge < -0.3 is 5.32 Å². The number of hydrogen-bond donors (Lipinski definition) is 1. The Morgan fingerprint density at radius 3 is 2.87 bits per heavy atom. The van der Waals surface area contributed by atoms with Gasteiger partial charge in [-0.3, -0.25) is 0 Å². The van der Waals surface area contributed by atoms with Gasteiger partial charge in [0.15, 0.2) is 0 Å². The van der Waals surface area contributed by atoms with E-state index in [0.717, 1.165) is 17.7 Å². The first kappa shape index (κ1) is 10.4. The Balaban J connectivity index is 1.95. The lowest BCUT2D eigenvalue weighted by Crippen LogP contribution is -2.33. The predicted molar refractivity (Wildman–Crippen MR) is 61.6 cm³/mol. The molecule has 0 spiro atoms. The monoisotopic (exact) mass is 205 g/mol. The maximum Gasteiger partial charge on any atom is 0.148 e. The summed E-state index contributed by atoms with van der Waals surface area (Å²) in [5, 5.41) is 11.4. The van der Waals surface area contributed by atoms with E-state index in [1.165, 1.54) is 19.3 Å². The van der Waals surface area contributed by atoms with Gasteiger partial charge >= 0.3 is 0 Å². The third-order valence-corrected chi connectivity index (χ3v) is 3.34. The summed E-state index contributed by atoms with van der Waals surface area (Å²) in [5.41, 5.74) is 0. The first-order valence-electron chi connectivity index (χ1n) is 5.80. The van der Waals surface area contributed by atoms with Gasteiger partial charge in [0.05, 0.1) is 0 Å². The zero-order valence-corrected chi connectivity index (χ0v) is 9.48. The van der Waals surface area contributed by atoms with Gasteiger partial charge in [-0.2, -0.15) is 5.10 Å². The standard InChI is InChI=1S/C12H19N3/c1-9-5-6-11(10(2)8-9)14-12-4-3-7-13-15-12/h3-4,7,9-11H,5-6,8H2,1-2H3,(H,14,15). The quantitative estimate of drug-likeness (QED) is 0.806. The van der Waals surface area contributed by atoms with Crippen LogP contribution in [0.2, 0.25) is 0 Å². The molecule has 1 heterocycles. The Labute approximate surface area is 91.3 Å². The number of nitrogens with one attached hydrogen (secondary N) is 1. The zero-order chi connectivity index (χ0) is 10.7. The molecule has 3 heteroatoms. The lowest BCUT2D eigenvalue weighted by Gasteiger charge is -2.33. The minimum absolute atomic E-state index is 0.567. The predicted octanol–water partition coefficient (Wildman–Crippen LogP) is 2.71. The summed E-state index contributed by atoms with van der Waals surface area (Å²) in [6.45, 7) is 4.67. The SMILES string of the molecule is CC1CCC(Nc2cccnn2)C(C)C1. The van der Waals surface area contributed by atoms with Crippen LogP contribution in [0.5, 0.6) is 0 Å². The maximum absolute atomic E-state index is 4.07. The fraction of sp³-hybridized carbons (Fsp3) is 0.667. The molecule has 1 aliphatic rings. The van der Waals surface area contributed by atoms with Crippen molar-refractivity contribution in [2.24, 2.45) is 11.8 Å². The Morgan fingerprint density at radius 1 is 1.33 bits per heavy atom. The van der Waals surface area contributed by atoms with Crippen LogP contribution in [0.4, 0.5) is 5.82 Å². The van der Waals surface area contributed by atoms with E-state index in [9.17, 15) is 0 Å². The Morgan fingerprint density at radius 2 is 2.20 bits per heavy atom. The molecule has 3 atom stereocenters. The van der Waals surface area contributed by atoms with E-state index in [1.54, 1.807) is 6.20 Å². The molecular weight excluding hydrogens is 186 g/mol. The van der Waals surface area contributed by atoms with Crippen LogP contribution in [-0.4, -0.2) is 16.2 Å². The van der Waals surface area contributed by atoms with Crippen molar-refractivity contribution in [3.8, 4) is 0 Å². The van der Waals surface area contributed by atoms with Gasteiger partial charge in [0.1, 0.15) is 5.82 Å². The van der Waals surface area contributed by atoms with Crippen LogP contribution < -0.4 is 5.32 Å². The van der Waals surface area contributed by atoms with Crippen molar-refractivity contribution >= 4 is 5.82 Å². The largest absolute Gasteiger partial charge is 0.366 e. The first-order valence-corrected chi connectivity index (χ1v) is 5.80. The van der Waals surface area contributed by atoms with Crippen LogP contribution in [0.25, 0.3) is 0 Å². The fourth-order valence-electron chi connectivity index (χ4n) is 2.45. The van der Waals surface area contributed by atoms with Crippen LogP contribution in [0.3, 0.4) is 0 Å². The summed E-state index contributed by atoms with van der Waals surface area (Å²) in [4.78, 5) is 0. The minimum atomic E-state index is 0.567. The molecule has 0 aliphatic heterocycles. The Bertz CT molecular complexity index is 299. The van der Waals surface area contributed by atoms with E-state index in [2.05, 4.69) is 29.4 Å². The van der Waals surface area contributed by atoms with Crippen molar-refractivity contribution in [1.29, 1.82) is 0 Å². The normalized spacial score (nSPS) is 31.2. The van der Waals surface area contributed by atoms with Gasteiger partial charge in [-0.15, -0.1) is 5.10 Å². The van der Waals surface area contributed by atoms with Crippen molar-refractivity contribution < 1.29 is 0 Å². The smallest absolute Gasteiger partial charge is 0.148 e. The first-order chi connectivity index (χ1) is 7.25. The Hall–Kier alpha value is -1.12. The highest BCUT2D eigenvalue weighted by Gasteiger charge is 2.25. The minimum Gasteiger partial charge on any atom is -0.366 e. The van der Waals surface area contributed by atoms with Gasteiger partial charge in [-0.1, -0.05) is 13.8 Å². The molecule has 15 heavy (non-hydrogen) atoms. The second kappa shape index (κ2) is 4.60. The summed E-state index contributed by atoms with van der Waals surface area (Å²) in [6.07, 6.45) is 5.59. The van der Waals surface area contributed by atoms with Crippen molar-refractivity contribution in [2.75, 3.05) is 5.32 Å². The van der Waals surface area contributed by atoms with Gasteiger partial charge in [-0.25, -0.2) is 0 Å². The van der Waals surface area contributed by atoms with E-state index in [0.29, 0.717) is 6.04 Å². The number of nitrogens with zero attached hydrogens (tertiary/aromatic N) is 2. The highest BCUT2D eigenvalue weighted by atomic mass is 15.2. The molecule has 1 saturated carbocycles. The molecule has 0 bridgehead atoms. The van der Waals surface area contributed by atoms with E-state index in [4.69, 9.17) is 0 Å². The second-order valence-corrected chi connectivity index (χ2v) is 4.76. The van der Waals surface area contributed by atoms with Gasteiger partial charge in [-0.05, 0) is 43.2 Å². The molecule has 1 aromatic heterocycles. The van der Waals surface area contributed by atoms with Gasteiger partial charge in [0.2, 0.25) is 0 Å².